The molecule has 15 heavy (non-hydrogen) atoms. The number of hydrogen-bond acceptors (Lipinski definition) is 3. The van der Waals surface area contributed by atoms with Gasteiger partial charge in [0, 0.05) is 12.6 Å². The van der Waals surface area contributed by atoms with Crippen LogP contribution < -0.4 is 5.73 Å². The lowest BCUT2D eigenvalue weighted by Gasteiger charge is -2.24. The Hall–Kier alpha value is -0.610. The molecule has 0 spiro atoms. The van der Waals surface area contributed by atoms with Crippen molar-refractivity contribution < 1.29 is 9.90 Å². The highest BCUT2D eigenvalue weighted by atomic mass is 16.4. The Morgan fingerprint density at radius 3 is 2.53 bits per heavy atom. The fourth-order valence-electron chi connectivity index (χ4n) is 1.62. The maximum atomic E-state index is 10.7. The second-order valence-electron chi connectivity index (χ2n) is 4.85. The molecule has 0 saturated heterocycles. The van der Waals surface area contributed by atoms with E-state index in [4.69, 9.17) is 10.8 Å². The van der Waals surface area contributed by atoms with E-state index in [1.807, 2.05) is 0 Å². The molecule has 1 rings (SSSR count). The van der Waals surface area contributed by atoms with Gasteiger partial charge in [-0.1, -0.05) is 13.8 Å². The molecule has 3 N–H and O–H groups in total. The van der Waals surface area contributed by atoms with Gasteiger partial charge in [-0.25, -0.2) is 0 Å². The average Bonchev–Trinajstić information content (AvgIpc) is 2.94. The molecule has 1 atom stereocenters. The fourth-order valence-corrected chi connectivity index (χ4v) is 1.62. The van der Waals surface area contributed by atoms with E-state index in [0.29, 0.717) is 18.5 Å². The molecule has 0 amide bonds. The molecule has 1 saturated carbocycles. The first-order chi connectivity index (χ1) is 7.00. The molecule has 4 heteroatoms. The highest BCUT2D eigenvalue weighted by Gasteiger charge is 2.30. The zero-order valence-electron chi connectivity index (χ0n) is 9.65. The minimum Gasteiger partial charge on any atom is -0.480 e. The Morgan fingerprint density at radius 2 is 2.13 bits per heavy atom. The third kappa shape index (κ3) is 4.62. The van der Waals surface area contributed by atoms with Gasteiger partial charge in [0.1, 0.15) is 6.04 Å². The normalized spacial score (nSPS) is 18.5. The first-order valence-electron chi connectivity index (χ1n) is 5.73. The van der Waals surface area contributed by atoms with Gasteiger partial charge >= 0.3 is 5.97 Å². The van der Waals surface area contributed by atoms with Crippen LogP contribution in [0, 0.1) is 5.92 Å². The number of nitrogens with two attached hydrogens (primary N) is 1. The summed E-state index contributed by atoms with van der Waals surface area (Å²) in [4.78, 5) is 12.9. The lowest BCUT2D eigenvalue weighted by molar-refractivity contribution is -0.139. The molecule has 0 bridgehead atoms. The number of aliphatic carboxylic acids is 1. The zero-order valence-corrected chi connectivity index (χ0v) is 9.65. The van der Waals surface area contributed by atoms with Gasteiger partial charge in [-0.05, 0) is 31.7 Å². The van der Waals surface area contributed by atoms with Crippen molar-refractivity contribution in [1.29, 1.82) is 0 Å². The summed E-state index contributed by atoms with van der Waals surface area (Å²) in [6.07, 6.45) is 3.51. The number of carboxylic acids is 1. The van der Waals surface area contributed by atoms with Crippen molar-refractivity contribution in [3.63, 3.8) is 0 Å². The first-order valence-corrected chi connectivity index (χ1v) is 5.73. The monoisotopic (exact) mass is 214 g/mol. The summed E-state index contributed by atoms with van der Waals surface area (Å²) >= 11 is 0. The highest BCUT2D eigenvalue weighted by molar-refractivity contribution is 5.73. The molecule has 1 fully saturated rings. The van der Waals surface area contributed by atoms with E-state index in [1.54, 1.807) is 0 Å². The van der Waals surface area contributed by atoms with E-state index in [1.165, 1.54) is 12.8 Å². The van der Waals surface area contributed by atoms with Crippen LogP contribution in [0.25, 0.3) is 0 Å². The van der Waals surface area contributed by atoms with E-state index < -0.39 is 12.0 Å². The minimum absolute atomic E-state index is 0.493. The van der Waals surface area contributed by atoms with Gasteiger partial charge in [0.25, 0.3) is 0 Å². The Kier molecular flexibility index (Phi) is 4.54. The van der Waals surface area contributed by atoms with Crippen molar-refractivity contribution in [2.75, 3.05) is 13.1 Å². The van der Waals surface area contributed by atoms with Gasteiger partial charge in [-0.2, -0.15) is 0 Å². The van der Waals surface area contributed by atoms with Crippen LogP contribution in [0.3, 0.4) is 0 Å². The quantitative estimate of drug-likeness (QED) is 0.661. The Balaban J connectivity index is 2.33. The van der Waals surface area contributed by atoms with Gasteiger partial charge in [-0.3, -0.25) is 9.69 Å². The van der Waals surface area contributed by atoms with Gasteiger partial charge < -0.3 is 10.8 Å². The second kappa shape index (κ2) is 5.47. The summed E-state index contributed by atoms with van der Waals surface area (Å²) in [6, 6.07) is -0.146. The fraction of sp³-hybridized carbons (Fsp3) is 0.909. The van der Waals surface area contributed by atoms with Crippen LogP contribution in [0.2, 0.25) is 0 Å². The van der Waals surface area contributed by atoms with Crippen molar-refractivity contribution in [1.82, 2.24) is 4.90 Å². The van der Waals surface area contributed by atoms with Crippen LogP contribution in [-0.4, -0.2) is 41.1 Å². The summed E-state index contributed by atoms with van der Waals surface area (Å²) in [6.45, 7) is 5.83. The van der Waals surface area contributed by atoms with Crippen molar-refractivity contribution in [2.24, 2.45) is 11.7 Å². The molecule has 1 unspecified atom stereocenters. The topological polar surface area (TPSA) is 66.6 Å². The smallest absolute Gasteiger partial charge is 0.321 e. The Bertz CT molecular complexity index is 215. The number of carbonyl (C=O) groups is 1. The van der Waals surface area contributed by atoms with Crippen molar-refractivity contribution in [3.8, 4) is 0 Å². The molecule has 0 heterocycles. The van der Waals surface area contributed by atoms with E-state index in [0.717, 1.165) is 13.0 Å². The predicted molar refractivity (Wildman–Crippen MR) is 59.7 cm³/mol. The van der Waals surface area contributed by atoms with Crippen molar-refractivity contribution >= 4 is 5.97 Å². The van der Waals surface area contributed by atoms with Crippen LogP contribution in [0.5, 0.6) is 0 Å². The molecule has 88 valence electrons. The van der Waals surface area contributed by atoms with Crippen LogP contribution in [0.4, 0.5) is 0 Å². The number of hydrogen-bond donors (Lipinski definition) is 2. The third-order valence-electron chi connectivity index (χ3n) is 2.81. The van der Waals surface area contributed by atoms with Crippen LogP contribution in [-0.2, 0) is 4.79 Å². The molecular weight excluding hydrogens is 192 g/mol. The van der Waals surface area contributed by atoms with Gasteiger partial charge in [0.15, 0.2) is 0 Å². The molecule has 1 aliphatic carbocycles. The maximum absolute atomic E-state index is 10.7. The van der Waals surface area contributed by atoms with E-state index in [-0.39, 0.29) is 0 Å². The Labute approximate surface area is 91.4 Å². The largest absolute Gasteiger partial charge is 0.480 e. The molecule has 0 radical (unpaired) electrons. The average molecular weight is 214 g/mol. The highest BCUT2D eigenvalue weighted by Crippen LogP contribution is 2.27. The summed E-state index contributed by atoms with van der Waals surface area (Å²) in [5.41, 5.74) is 5.55. The van der Waals surface area contributed by atoms with Crippen LogP contribution >= 0.6 is 0 Å². The molecular formula is C11H22N2O2. The molecule has 0 aromatic heterocycles. The summed E-state index contributed by atoms with van der Waals surface area (Å²) in [7, 11) is 0. The van der Waals surface area contributed by atoms with Crippen LogP contribution in [0.1, 0.15) is 33.1 Å². The van der Waals surface area contributed by atoms with Crippen molar-refractivity contribution in [3.05, 3.63) is 0 Å². The standard InChI is InChI=1S/C11H22N2O2/c1-8(2)5-6-13(9-3-4-9)7-10(12)11(14)15/h8-10H,3-7,12H2,1-2H3,(H,14,15). The third-order valence-corrected chi connectivity index (χ3v) is 2.81. The zero-order chi connectivity index (χ0) is 11.4. The van der Waals surface area contributed by atoms with Gasteiger partial charge in [0.2, 0.25) is 0 Å². The number of nitrogens with zero attached hydrogens (tertiary/aromatic N) is 1. The van der Waals surface area contributed by atoms with Gasteiger partial charge in [0.05, 0.1) is 0 Å². The van der Waals surface area contributed by atoms with Crippen LogP contribution in [0.15, 0.2) is 0 Å². The SMILES string of the molecule is CC(C)CCN(CC(N)C(=O)O)C1CC1. The first kappa shape index (κ1) is 12.5. The lowest BCUT2D eigenvalue weighted by Crippen LogP contribution is -2.44. The lowest BCUT2D eigenvalue weighted by atomic mass is 10.1. The van der Waals surface area contributed by atoms with Crippen molar-refractivity contribution in [2.45, 2.75) is 45.2 Å². The molecule has 1 aliphatic rings. The van der Waals surface area contributed by atoms with E-state index >= 15 is 0 Å². The number of rotatable bonds is 7. The predicted octanol–water partition coefficient (Wildman–Crippen LogP) is 0.909. The molecule has 0 aliphatic heterocycles. The summed E-state index contributed by atoms with van der Waals surface area (Å²) < 4.78 is 0. The maximum Gasteiger partial charge on any atom is 0.321 e. The van der Waals surface area contributed by atoms with E-state index in [9.17, 15) is 4.79 Å². The minimum atomic E-state index is -0.898. The molecule has 4 nitrogen and oxygen atoms in total. The van der Waals surface area contributed by atoms with Gasteiger partial charge in [-0.15, -0.1) is 0 Å². The Morgan fingerprint density at radius 1 is 1.53 bits per heavy atom. The number of carboxylic acid groups (broad SMARTS) is 1. The second-order valence-corrected chi connectivity index (χ2v) is 4.85. The summed E-state index contributed by atoms with van der Waals surface area (Å²) in [5.74, 6) is -0.238. The summed E-state index contributed by atoms with van der Waals surface area (Å²) in [5, 5.41) is 8.76. The van der Waals surface area contributed by atoms with E-state index in [2.05, 4.69) is 18.7 Å². The molecule has 0 aromatic rings. The molecule has 0 aromatic carbocycles.